The molecule has 0 spiro atoms. The van der Waals surface area contributed by atoms with Gasteiger partial charge in [-0.25, -0.2) is 13.1 Å². The Balaban J connectivity index is 1.63. The van der Waals surface area contributed by atoms with Crippen molar-refractivity contribution in [3.05, 3.63) is 84.4 Å². The fourth-order valence-electron chi connectivity index (χ4n) is 2.51. The van der Waals surface area contributed by atoms with E-state index in [9.17, 15) is 13.2 Å². The lowest BCUT2D eigenvalue weighted by molar-refractivity contribution is 0.0981. The third-order valence-electron chi connectivity index (χ3n) is 4.03. The minimum Gasteiger partial charge on any atom is -0.497 e. The van der Waals surface area contributed by atoms with E-state index < -0.39 is 15.9 Å². The normalized spacial score (nSPS) is 10.7. The summed E-state index contributed by atoms with van der Waals surface area (Å²) >= 11 is 5.25. The van der Waals surface area contributed by atoms with Gasteiger partial charge in [0.25, 0.3) is 15.9 Å². The number of ether oxygens (including phenoxy) is 1. The molecule has 0 aromatic heterocycles. The van der Waals surface area contributed by atoms with E-state index in [2.05, 4.69) is 15.4 Å². The highest BCUT2D eigenvalue weighted by molar-refractivity contribution is 7.90. The number of carbonyl (C=O) groups is 1. The maximum Gasteiger partial charge on any atom is 0.265 e. The van der Waals surface area contributed by atoms with Crippen LogP contribution in [0, 0.1) is 0 Å². The van der Waals surface area contributed by atoms with Gasteiger partial charge in [-0.1, -0.05) is 18.2 Å². The van der Waals surface area contributed by atoms with Crippen molar-refractivity contribution in [2.24, 2.45) is 0 Å². The third kappa shape index (κ3) is 5.56. The number of sulfonamides is 1. The third-order valence-corrected chi connectivity index (χ3v) is 5.58. The Bertz CT molecular complexity index is 1130. The van der Waals surface area contributed by atoms with Crippen LogP contribution < -0.4 is 20.1 Å². The van der Waals surface area contributed by atoms with E-state index in [4.69, 9.17) is 17.0 Å². The van der Waals surface area contributed by atoms with Crippen molar-refractivity contribution in [2.75, 3.05) is 17.7 Å². The largest absolute Gasteiger partial charge is 0.497 e. The molecule has 30 heavy (non-hydrogen) atoms. The summed E-state index contributed by atoms with van der Waals surface area (Å²) in [5, 5.41) is 6.36. The molecule has 0 bridgehead atoms. The molecule has 3 N–H and O–H groups in total. The Morgan fingerprint density at radius 1 is 0.833 bits per heavy atom. The zero-order valence-corrected chi connectivity index (χ0v) is 17.6. The predicted molar refractivity (Wildman–Crippen MR) is 120 cm³/mol. The van der Waals surface area contributed by atoms with E-state index in [1.807, 2.05) is 30.3 Å². The van der Waals surface area contributed by atoms with Gasteiger partial charge in [-0.2, -0.15) is 0 Å². The van der Waals surface area contributed by atoms with Crippen molar-refractivity contribution in [3.63, 3.8) is 0 Å². The van der Waals surface area contributed by atoms with Crippen molar-refractivity contribution in [1.29, 1.82) is 0 Å². The van der Waals surface area contributed by atoms with Gasteiger partial charge in [-0.15, -0.1) is 0 Å². The summed E-state index contributed by atoms with van der Waals surface area (Å²) in [5.74, 6) is -0.162. The van der Waals surface area contributed by atoms with E-state index in [0.717, 1.165) is 5.69 Å². The average molecular weight is 442 g/mol. The van der Waals surface area contributed by atoms with Gasteiger partial charge in [0.05, 0.1) is 12.0 Å². The number of carbonyl (C=O) groups excluding carboxylic acids is 1. The van der Waals surface area contributed by atoms with Crippen molar-refractivity contribution in [3.8, 4) is 5.75 Å². The Morgan fingerprint density at radius 2 is 1.40 bits per heavy atom. The molecule has 0 aliphatic heterocycles. The van der Waals surface area contributed by atoms with Crippen molar-refractivity contribution < 1.29 is 17.9 Å². The van der Waals surface area contributed by atoms with Gasteiger partial charge in [-0.3, -0.25) is 4.79 Å². The van der Waals surface area contributed by atoms with Gasteiger partial charge in [0, 0.05) is 16.9 Å². The van der Waals surface area contributed by atoms with Gasteiger partial charge >= 0.3 is 0 Å². The molecule has 3 aromatic rings. The molecule has 3 rings (SSSR count). The van der Waals surface area contributed by atoms with Crippen LogP contribution in [0.25, 0.3) is 0 Å². The maximum atomic E-state index is 12.5. The summed E-state index contributed by atoms with van der Waals surface area (Å²) in [6.45, 7) is 0. The molecule has 0 saturated carbocycles. The smallest absolute Gasteiger partial charge is 0.265 e. The summed E-state index contributed by atoms with van der Waals surface area (Å²) in [7, 11) is -2.52. The van der Waals surface area contributed by atoms with Crippen LogP contribution >= 0.6 is 12.2 Å². The molecule has 3 aromatic carbocycles. The number of hydrogen-bond donors (Lipinski definition) is 3. The van der Waals surface area contributed by atoms with Crippen LogP contribution in [0.4, 0.5) is 11.4 Å². The van der Waals surface area contributed by atoms with E-state index in [0.29, 0.717) is 16.5 Å². The molecule has 0 unspecified atom stereocenters. The number of para-hydroxylation sites is 1. The van der Waals surface area contributed by atoms with Crippen LogP contribution in [0.2, 0.25) is 0 Å². The van der Waals surface area contributed by atoms with Gasteiger partial charge in [0.1, 0.15) is 5.75 Å². The zero-order valence-electron chi connectivity index (χ0n) is 16.0. The lowest BCUT2D eigenvalue weighted by Gasteiger charge is -2.11. The fourth-order valence-corrected chi connectivity index (χ4v) is 3.72. The molecule has 0 heterocycles. The van der Waals surface area contributed by atoms with Gasteiger partial charge in [0.15, 0.2) is 5.11 Å². The second kappa shape index (κ2) is 9.38. The van der Waals surface area contributed by atoms with Gasteiger partial charge in [-0.05, 0) is 72.9 Å². The first-order valence-electron chi connectivity index (χ1n) is 8.82. The van der Waals surface area contributed by atoms with Gasteiger partial charge < -0.3 is 15.4 Å². The molecule has 7 nitrogen and oxygen atoms in total. The molecule has 0 atom stereocenters. The SMILES string of the molecule is COc1ccc(C(=O)NS(=O)(=O)c2ccc(NC(=S)Nc3ccccc3)cc2)cc1. The highest BCUT2D eigenvalue weighted by atomic mass is 32.2. The lowest BCUT2D eigenvalue weighted by atomic mass is 10.2. The van der Waals surface area contributed by atoms with E-state index >= 15 is 0 Å². The number of anilines is 2. The van der Waals surface area contributed by atoms with E-state index in [1.165, 1.54) is 31.4 Å². The van der Waals surface area contributed by atoms with Crippen molar-refractivity contribution in [2.45, 2.75) is 4.90 Å². The van der Waals surface area contributed by atoms with Crippen LogP contribution in [-0.4, -0.2) is 26.5 Å². The standard InChI is InChI=1S/C21H19N3O4S2/c1-28-18-11-7-15(8-12-18)20(25)24-30(26,27)19-13-9-17(10-14-19)23-21(29)22-16-5-3-2-4-6-16/h2-14H,1H3,(H,24,25)(H2,22,23,29). The number of hydrogen-bond acceptors (Lipinski definition) is 5. The van der Waals surface area contributed by atoms with E-state index in [-0.39, 0.29) is 10.5 Å². The first kappa shape index (κ1) is 21.3. The van der Waals surface area contributed by atoms with Crippen LogP contribution in [0.3, 0.4) is 0 Å². The number of thiocarbonyl (C=S) groups is 1. The minimum atomic E-state index is -4.02. The summed E-state index contributed by atoms with van der Waals surface area (Å²) in [4.78, 5) is 12.2. The lowest BCUT2D eigenvalue weighted by Crippen LogP contribution is -2.30. The molecule has 154 valence electrons. The predicted octanol–water partition coefficient (Wildman–Crippen LogP) is 3.62. The molecule has 0 aliphatic rings. The second-order valence-corrected chi connectivity index (χ2v) is 8.22. The molecule has 9 heteroatoms. The molecule has 0 fully saturated rings. The summed E-state index contributed by atoms with van der Waals surface area (Å²) in [6.07, 6.45) is 0. The fraction of sp³-hybridized carbons (Fsp3) is 0.0476. The van der Waals surface area contributed by atoms with Crippen LogP contribution in [0.15, 0.2) is 83.8 Å². The summed E-state index contributed by atoms with van der Waals surface area (Å²) in [5.41, 5.74) is 1.63. The summed E-state index contributed by atoms with van der Waals surface area (Å²) < 4.78 is 32.1. The Morgan fingerprint density at radius 3 is 1.97 bits per heavy atom. The van der Waals surface area contributed by atoms with Crippen LogP contribution in [-0.2, 0) is 10.0 Å². The maximum absolute atomic E-state index is 12.5. The van der Waals surface area contributed by atoms with Gasteiger partial charge in [0.2, 0.25) is 0 Å². The topological polar surface area (TPSA) is 96.5 Å². The Hall–Kier alpha value is -3.43. The molecule has 0 radical (unpaired) electrons. The highest BCUT2D eigenvalue weighted by Crippen LogP contribution is 2.16. The first-order chi connectivity index (χ1) is 14.4. The second-order valence-electron chi connectivity index (χ2n) is 6.13. The number of nitrogens with one attached hydrogen (secondary N) is 3. The molecular weight excluding hydrogens is 422 g/mol. The first-order valence-corrected chi connectivity index (χ1v) is 10.7. The summed E-state index contributed by atoms with van der Waals surface area (Å²) in [6, 6.07) is 21.4. The van der Waals surface area contributed by atoms with Crippen LogP contribution in [0.5, 0.6) is 5.75 Å². The average Bonchev–Trinajstić information content (AvgIpc) is 2.74. The zero-order chi connectivity index (χ0) is 21.6. The van der Waals surface area contributed by atoms with Crippen molar-refractivity contribution >= 4 is 44.6 Å². The molecular formula is C21H19N3O4S2. The number of methoxy groups -OCH3 is 1. The number of amides is 1. The molecule has 0 saturated heterocycles. The Kier molecular flexibility index (Phi) is 6.65. The highest BCUT2D eigenvalue weighted by Gasteiger charge is 2.18. The monoisotopic (exact) mass is 441 g/mol. The number of rotatable bonds is 6. The quantitative estimate of drug-likeness (QED) is 0.503. The van der Waals surface area contributed by atoms with Crippen LogP contribution in [0.1, 0.15) is 10.4 Å². The molecule has 0 aliphatic carbocycles. The Labute approximate surface area is 180 Å². The number of benzene rings is 3. The minimum absolute atomic E-state index is 0.0446. The molecule has 1 amide bonds. The van der Waals surface area contributed by atoms with E-state index in [1.54, 1.807) is 24.3 Å². The van der Waals surface area contributed by atoms with Crippen molar-refractivity contribution in [1.82, 2.24) is 4.72 Å².